The number of anilines is 1. The number of carbonyl (C=O) groups is 1. The number of thiophene rings is 2. The Kier molecular flexibility index (Phi) is 4.66. The van der Waals surface area contributed by atoms with E-state index in [1.807, 2.05) is 22.4 Å². The number of carbonyl (C=O) groups excluding carboxylic acids is 1. The minimum absolute atomic E-state index is 0.0727. The molecule has 0 atom stereocenters. The second-order valence-electron chi connectivity index (χ2n) is 5.54. The fourth-order valence-corrected chi connectivity index (χ4v) is 5.10. The quantitative estimate of drug-likeness (QED) is 0.487. The maximum absolute atomic E-state index is 12.4. The highest BCUT2D eigenvalue weighted by atomic mass is 32.1. The molecular weight excluding hydrogens is 394 g/mol. The van der Waals surface area contributed by atoms with Gasteiger partial charge >= 0.3 is 5.00 Å². The van der Waals surface area contributed by atoms with Crippen molar-refractivity contribution in [2.45, 2.75) is 0 Å². The lowest BCUT2D eigenvalue weighted by Crippen LogP contribution is -2.48. The molecule has 0 unspecified atom stereocenters. The monoisotopic (exact) mass is 407 g/mol. The predicted octanol–water partition coefficient (Wildman–Crippen LogP) is 3.20. The van der Waals surface area contributed by atoms with Crippen LogP contribution in [0, 0.1) is 10.1 Å². The number of hydrogen-bond acceptors (Lipinski definition) is 9. The number of hydrogen-bond donors (Lipinski definition) is 0. The highest BCUT2D eigenvalue weighted by Crippen LogP contribution is 2.36. The average Bonchev–Trinajstić information content (AvgIpc) is 3.42. The molecule has 134 valence electrons. The van der Waals surface area contributed by atoms with E-state index in [1.165, 1.54) is 28.7 Å². The van der Waals surface area contributed by atoms with E-state index in [9.17, 15) is 14.9 Å². The third kappa shape index (κ3) is 3.32. The molecule has 11 heteroatoms. The highest BCUT2D eigenvalue weighted by molar-refractivity contribution is 7.24. The highest BCUT2D eigenvalue weighted by Gasteiger charge is 2.25. The molecule has 0 aromatic carbocycles. The summed E-state index contributed by atoms with van der Waals surface area (Å²) in [4.78, 5) is 28.3. The number of nitro groups is 1. The van der Waals surface area contributed by atoms with Crippen LogP contribution >= 0.6 is 34.0 Å². The molecule has 1 fully saturated rings. The zero-order valence-corrected chi connectivity index (χ0v) is 15.9. The van der Waals surface area contributed by atoms with E-state index in [4.69, 9.17) is 0 Å². The Balaban J connectivity index is 1.41. The molecule has 1 saturated heterocycles. The summed E-state index contributed by atoms with van der Waals surface area (Å²) >= 11 is 3.97. The minimum Gasteiger partial charge on any atom is -0.343 e. The molecule has 0 N–H and O–H groups in total. The zero-order valence-electron chi connectivity index (χ0n) is 13.4. The van der Waals surface area contributed by atoms with Crippen LogP contribution in [0.3, 0.4) is 0 Å². The number of nitrogens with zero attached hydrogens (tertiary/aromatic N) is 5. The molecule has 1 aliphatic rings. The lowest BCUT2D eigenvalue weighted by atomic mass is 10.3. The molecule has 0 radical (unpaired) electrons. The molecular formula is C15H13N5O3S3. The molecule has 0 spiro atoms. The first-order valence-electron chi connectivity index (χ1n) is 7.77. The van der Waals surface area contributed by atoms with E-state index < -0.39 is 4.92 Å². The van der Waals surface area contributed by atoms with Gasteiger partial charge in [0.05, 0.1) is 14.7 Å². The summed E-state index contributed by atoms with van der Waals surface area (Å²) in [7, 11) is 0. The van der Waals surface area contributed by atoms with Crippen LogP contribution in [0.1, 0.15) is 9.67 Å². The van der Waals surface area contributed by atoms with Gasteiger partial charge in [-0.1, -0.05) is 28.7 Å². The van der Waals surface area contributed by atoms with Gasteiger partial charge in [-0.15, -0.1) is 21.5 Å². The molecule has 0 saturated carbocycles. The van der Waals surface area contributed by atoms with Gasteiger partial charge in [-0.2, -0.15) is 0 Å². The second-order valence-corrected chi connectivity index (χ2v) is 8.51. The van der Waals surface area contributed by atoms with E-state index in [-0.39, 0.29) is 10.9 Å². The summed E-state index contributed by atoms with van der Waals surface area (Å²) < 4.78 is 0. The number of rotatable bonds is 4. The smallest absolute Gasteiger partial charge is 0.324 e. The summed E-state index contributed by atoms with van der Waals surface area (Å²) in [5.41, 5.74) is 0. The lowest BCUT2D eigenvalue weighted by molar-refractivity contribution is -0.380. The molecule has 3 aromatic rings. The first-order valence-corrected chi connectivity index (χ1v) is 10.3. The Morgan fingerprint density at radius 1 is 1.12 bits per heavy atom. The van der Waals surface area contributed by atoms with Gasteiger partial charge in [0.25, 0.3) is 5.91 Å². The van der Waals surface area contributed by atoms with Crippen LogP contribution in [-0.4, -0.2) is 52.1 Å². The predicted molar refractivity (Wildman–Crippen MR) is 102 cm³/mol. The van der Waals surface area contributed by atoms with Crippen molar-refractivity contribution in [2.24, 2.45) is 0 Å². The van der Waals surface area contributed by atoms with Gasteiger partial charge in [-0.3, -0.25) is 14.9 Å². The first kappa shape index (κ1) is 17.1. The summed E-state index contributed by atoms with van der Waals surface area (Å²) in [6.07, 6.45) is 0. The number of piperazine rings is 1. The van der Waals surface area contributed by atoms with Crippen LogP contribution in [0.25, 0.3) is 9.88 Å². The molecule has 4 heterocycles. The van der Waals surface area contributed by atoms with E-state index in [1.54, 1.807) is 6.07 Å². The number of aromatic nitrogens is 2. The Labute approximate surface area is 160 Å². The van der Waals surface area contributed by atoms with Crippen LogP contribution < -0.4 is 4.90 Å². The summed E-state index contributed by atoms with van der Waals surface area (Å²) in [5, 5.41) is 22.6. The maximum Gasteiger partial charge on any atom is 0.324 e. The molecule has 4 rings (SSSR count). The SMILES string of the molecule is O=C(c1cccs1)N1CCN(c2nnc(-c3ccc([N+](=O)[O-])s3)s2)CC1. The standard InChI is InChI=1S/C15H13N5O3S3/c21-14(11-2-1-9-24-11)18-5-7-19(8-6-18)15-17-16-13(26-15)10-3-4-12(25-10)20(22)23/h1-4,9H,5-8H2. The molecule has 3 aromatic heterocycles. The minimum atomic E-state index is -0.403. The van der Waals surface area contributed by atoms with E-state index in [2.05, 4.69) is 15.1 Å². The van der Waals surface area contributed by atoms with Gasteiger partial charge in [-0.05, 0) is 17.5 Å². The van der Waals surface area contributed by atoms with Gasteiger partial charge < -0.3 is 9.80 Å². The third-order valence-corrected chi connectivity index (χ3v) is 7.01. The van der Waals surface area contributed by atoms with E-state index in [0.29, 0.717) is 31.2 Å². The molecule has 0 bridgehead atoms. The molecule has 26 heavy (non-hydrogen) atoms. The summed E-state index contributed by atoms with van der Waals surface area (Å²) in [5.74, 6) is 0.0727. The fraction of sp³-hybridized carbons (Fsp3) is 0.267. The van der Waals surface area contributed by atoms with Gasteiger partial charge in [0.2, 0.25) is 5.13 Å². The topological polar surface area (TPSA) is 92.5 Å². The molecule has 1 aliphatic heterocycles. The van der Waals surface area contributed by atoms with Crippen molar-refractivity contribution < 1.29 is 9.72 Å². The van der Waals surface area contributed by atoms with Crippen molar-refractivity contribution in [2.75, 3.05) is 31.1 Å². The molecule has 8 nitrogen and oxygen atoms in total. The van der Waals surface area contributed by atoms with Crippen molar-refractivity contribution in [3.05, 3.63) is 44.6 Å². The van der Waals surface area contributed by atoms with Crippen LogP contribution in [0.4, 0.5) is 10.1 Å². The first-order chi connectivity index (χ1) is 12.6. The maximum atomic E-state index is 12.4. The second kappa shape index (κ2) is 7.09. The summed E-state index contributed by atoms with van der Waals surface area (Å²) in [6, 6.07) is 6.91. The van der Waals surface area contributed by atoms with Crippen molar-refractivity contribution >= 4 is 50.1 Å². The van der Waals surface area contributed by atoms with Gasteiger partial charge in [0.1, 0.15) is 0 Å². The zero-order chi connectivity index (χ0) is 18.1. The Bertz CT molecular complexity index is 928. The molecule has 1 amide bonds. The van der Waals surface area contributed by atoms with Gasteiger partial charge in [0, 0.05) is 32.2 Å². The summed E-state index contributed by atoms with van der Waals surface area (Å²) in [6.45, 7) is 2.65. The van der Waals surface area contributed by atoms with Crippen molar-refractivity contribution in [3.8, 4) is 9.88 Å². The van der Waals surface area contributed by atoms with E-state index in [0.717, 1.165) is 26.2 Å². The lowest BCUT2D eigenvalue weighted by Gasteiger charge is -2.34. The average molecular weight is 408 g/mol. The van der Waals surface area contributed by atoms with Crippen molar-refractivity contribution in [1.82, 2.24) is 15.1 Å². The Hall–Kier alpha value is -2.37. The third-order valence-electron chi connectivity index (χ3n) is 3.97. The van der Waals surface area contributed by atoms with Crippen LogP contribution in [-0.2, 0) is 0 Å². The Morgan fingerprint density at radius 3 is 2.58 bits per heavy atom. The van der Waals surface area contributed by atoms with Gasteiger partial charge in [0.15, 0.2) is 5.01 Å². The van der Waals surface area contributed by atoms with Crippen molar-refractivity contribution in [1.29, 1.82) is 0 Å². The van der Waals surface area contributed by atoms with Crippen LogP contribution in [0.5, 0.6) is 0 Å². The largest absolute Gasteiger partial charge is 0.343 e. The van der Waals surface area contributed by atoms with E-state index >= 15 is 0 Å². The van der Waals surface area contributed by atoms with Gasteiger partial charge in [-0.25, -0.2) is 0 Å². The Morgan fingerprint density at radius 2 is 1.92 bits per heavy atom. The van der Waals surface area contributed by atoms with Crippen LogP contribution in [0.15, 0.2) is 29.6 Å². The van der Waals surface area contributed by atoms with Crippen molar-refractivity contribution in [3.63, 3.8) is 0 Å². The fourth-order valence-electron chi connectivity index (χ4n) is 2.64. The molecule has 0 aliphatic carbocycles. The van der Waals surface area contributed by atoms with Crippen LogP contribution in [0.2, 0.25) is 0 Å². The normalized spacial score (nSPS) is 14.6. The number of amides is 1.